The van der Waals surface area contributed by atoms with Gasteiger partial charge in [0.25, 0.3) is 0 Å². The number of hydrogen-bond donors (Lipinski definition) is 1. The summed E-state index contributed by atoms with van der Waals surface area (Å²) in [6.07, 6.45) is 2.06. The molecular formula is C21H25N3O4S. The first-order chi connectivity index (χ1) is 13.9. The van der Waals surface area contributed by atoms with Gasteiger partial charge in [0.05, 0.1) is 4.90 Å². The molecular weight excluding hydrogens is 390 g/mol. The number of nitrogens with zero attached hydrogens (tertiary/aromatic N) is 2. The molecule has 154 valence electrons. The lowest BCUT2D eigenvalue weighted by Gasteiger charge is -2.17. The van der Waals surface area contributed by atoms with Crippen LogP contribution in [-0.4, -0.2) is 44.7 Å². The zero-order valence-electron chi connectivity index (χ0n) is 16.4. The second-order valence-electron chi connectivity index (χ2n) is 6.99. The minimum atomic E-state index is -3.54. The van der Waals surface area contributed by atoms with Crippen molar-refractivity contribution in [1.29, 1.82) is 0 Å². The Kier molecular flexibility index (Phi) is 6.66. The van der Waals surface area contributed by atoms with E-state index >= 15 is 0 Å². The Balaban J connectivity index is 1.47. The van der Waals surface area contributed by atoms with Crippen LogP contribution in [0.5, 0.6) is 0 Å². The minimum absolute atomic E-state index is 0.122. The Hall–Kier alpha value is -2.71. The Bertz CT molecular complexity index is 959. The van der Waals surface area contributed by atoms with Crippen molar-refractivity contribution in [3.8, 4) is 0 Å². The van der Waals surface area contributed by atoms with Gasteiger partial charge in [-0.2, -0.15) is 0 Å². The van der Waals surface area contributed by atoms with Gasteiger partial charge in [0.15, 0.2) is 0 Å². The Morgan fingerprint density at radius 3 is 2.41 bits per heavy atom. The first-order valence-electron chi connectivity index (χ1n) is 9.59. The molecule has 1 saturated heterocycles. The molecule has 0 aromatic heterocycles. The number of rotatable bonds is 8. The highest BCUT2D eigenvalue weighted by atomic mass is 32.2. The topological polar surface area (TPSA) is 86.8 Å². The summed E-state index contributed by atoms with van der Waals surface area (Å²) in [5, 5.41) is 2.80. The molecule has 7 nitrogen and oxygen atoms in total. The van der Waals surface area contributed by atoms with Crippen molar-refractivity contribution in [3.63, 3.8) is 0 Å². The van der Waals surface area contributed by atoms with Crippen LogP contribution in [0.1, 0.15) is 25.7 Å². The third-order valence-corrected chi connectivity index (χ3v) is 6.74. The van der Waals surface area contributed by atoms with Gasteiger partial charge in [-0.05, 0) is 49.2 Å². The van der Waals surface area contributed by atoms with E-state index in [2.05, 4.69) is 5.32 Å². The van der Waals surface area contributed by atoms with Crippen LogP contribution >= 0.6 is 0 Å². The fourth-order valence-corrected chi connectivity index (χ4v) is 4.45. The lowest BCUT2D eigenvalue weighted by Crippen LogP contribution is -2.28. The van der Waals surface area contributed by atoms with E-state index in [1.165, 1.54) is 11.4 Å². The second-order valence-corrected chi connectivity index (χ2v) is 9.03. The van der Waals surface area contributed by atoms with Crippen molar-refractivity contribution in [2.45, 2.75) is 30.6 Å². The maximum Gasteiger partial charge on any atom is 0.242 e. The van der Waals surface area contributed by atoms with Crippen molar-refractivity contribution >= 4 is 33.2 Å². The molecule has 1 fully saturated rings. The summed E-state index contributed by atoms with van der Waals surface area (Å²) in [7, 11) is -2.03. The van der Waals surface area contributed by atoms with E-state index in [0.29, 0.717) is 18.5 Å². The Labute approximate surface area is 171 Å². The van der Waals surface area contributed by atoms with Crippen molar-refractivity contribution in [2.24, 2.45) is 0 Å². The van der Waals surface area contributed by atoms with Crippen molar-refractivity contribution < 1.29 is 18.0 Å². The van der Waals surface area contributed by atoms with Gasteiger partial charge in [0.2, 0.25) is 21.8 Å². The molecule has 1 N–H and O–H groups in total. The normalized spacial score (nSPS) is 14.4. The van der Waals surface area contributed by atoms with Gasteiger partial charge in [0.1, 0.15) is 0 Å². The molecule has 1 heterocycles. The number of hydrogen-bond acceptors (Lipinski definition) is 4. The molecule has 3 rings (SSSR count). The highest BCUT2D eigenvalue weighted by Crippen LogP contribution is 2.23. The molecule has 2 aromatic carbocycles. The van der Waals surface area contributed by atoms with Gasteiger partial charge in [0, 0.05) is 44.4 Å². The lowest BCUT2D eigenvalue weighted by molar-refractivity contribution is -0.117. The van der Waals surface area contributed by atoms with E-state index in [1.54, 1.807) is 47.4 Å². The predicted octanol–water partition coefficient (Wildman–Crippen LogP) is 2.85. The third kappa shape index (κ3) is 5.21. The molecule has 0 saturated carbocycles. The van der Waals surface area contributed by atoms with E-state index in [0.717, 1.165) is 18.7 Å². The average molecular weight is 416 g/mol. The Morgan fingerprint density at radius 1 is 1.10 bits per heavy atom. The SMILES string of the molecule is CN(CCCC(=O)Nc1ccc(N2CCCC2=O)cc1)S(=O)(=O)c1ccccc1. The predicted molar refractivity (Wildman–Crippen MR) is 112 cm³/mol. The van der Waals surface area contributed by atoms with E-state index in [-0.39, 0.29) is 29.7 Å². The monoisotopic (exact) mass is 415 g/mol. The summed E-state index contributed by atoms with van der Waals surface area (Å²) >= 11 is 0. The standard InChI is InChI=1S/C21H25N3O4S/c1-23(29(27,28)19-7-3-2-4-8-19)15-5-9-20(25)22-17-11-13-18(14-12-17)24-16-6-10-21(24)26/h2-4,7-8,11-14H,5-6,9-10,15-16H2,1H3,(H,22,25). The highest BCUT2D eigenvalue weighted by Gasteiger charge is 2.22. The molecule has 2 aromatic rings. The van der Waals surface area contributed by atoms with Crippen molar-refractivity contribution in [3.05, 3.63) is 54.6 Å². The quantitative estimate of drug-likeness (QED) is 0.718. The van der Waals surface area contributed by atoms with Gasteiger partial charge < -0.3 is 10.2 Å². The van der Waals surface area contributed by atoms with E-state index in [4.69, 9.17) is 0 Å². The first-order valence-corrected chi connectivity index (χ1v) is 11.0. The van der Waals surface area contributed by atoms with E-state index in [1.807, 2.05) is 12.1 Å². The summed E-state index contributed by atoms with van der Waals surface area (Å²) in [5.74, 6) is -0.0585. The zero-order valence-corrected chi connectivity index (χ0v) is 17.2. The molecule has 1 aliphatic rings. The van der Waals surface area contributed by atoms with Gasteiger partial charge in [-0.1, -0.05) is 18.2 Å². The molecule has 1 aliphatic heterocycles. The van der Waals surface area contributed by atoms with Crippen LogP contribution in [0.4, 0.5) is 11.4 Å². The van der Waals surface area contributed by atoms with Gasteiger partial charge in [-0.25, -0.2) is 12.7 Å². The number of nitrogens with one attached hydrogen (secondary N) is 1. The van der Waals surface area contributed by atoms with Crippen molar-refractivity contribution in [1.82, 2.24) is 4.31 Å². The molecule has 29 heavy (non-hydrogen) atoms. The summed E-state index contributed by atoms with van der Waals surface area (Å²) in [5.41, 5.74) is 1.48. The van der Waals surface area contributed by atoms with Gasteiger partial charge >= 0.3 is 0 Å². The molecule has 8 heteroatoms. The molecule has 0 unspecified atom stereocenters. The average Bonchev–Trinajstić information content (AvgIpc) is 3.15. The fourth-order valence-electron chi connectivity index (χ4n) is 3.22. The van der Waals surface area contributed by atoms with Crippen LogP contribution in [0.15, 0.2) is 59.5 Å². The van der Waals surface area contributed by atoms with Crippen LogP contribution in [-0.2, 0) is 19.6 Å². The second kappa shape index (κ2) is 9.19. The molecule has 0 radical (unpaired) electrons. The smallest absolute Gasteiger partial charge is 0.242 e. The summed E-state index contributed by atoms with van der Waals surface area (Å²) < 4.78 is 26.2. The Morgan fingerprint density at radius 2 is 1.79 bits per heavy atom. The summed E-state index contributed by atoms with van der Waals surface area (Å²) in [4.78, 5) is 25.9. The van der Waals surface area contributed by atoms with Gasteiger partial charge in [-0.3, -0.25) is 9.59 Å². The van der Waals surface area contributed by atoms with Crippen LogP contribution in [0.2, 0.25) is 0 Å². The summed E-state index contributed by atoms with van der Waals surface area (Å²) in [6, 6.07) is 15.4. The number of carbonyl (C=O) groups excluding carboxylic acids is 2. The van der Waals surface area contributed by atoms with Crippen LogP contribution in [0.25, 0.3) is 0 Å². The molecule has 0 spiro atoms. The highest BCUT2D eigenvalue weighted by molar-refractivity contribution is 7.89. The van der Waals surface area contributed by atoms with Crippen LogP contribution in [0.3, 0.4) is 0 Å². The van der Waals surface area contributed by atoms with Crippen LogP contribution in [0, 0.1) is 0 Å². The van der Waals surface area contributed by atoms with Crippen molar-refractivity contribution in [2.75, 3.05) is 30.4 Å². The molecule has 2 amide bonds. The van der Waals surface area contributed by atoms with Crippen LogP contribution < -0.4 is 10.2 Å². The first kappa shape index (κ1) is 21.0. The molecule has 0 atom stereocenters. The number of sulfonamides is 1. The molecule has 0 aliphatic carbocycles. The maximum atomic E-state index is 12.5. The zero-order chi connectivity index (χ0) is 20.9. The minimum Gasteiger partial charge on any atom is -0.326 e. The fraction of sp³-hybridized carbons (Fsp3) is 0.333. The number of benzene rings is 2. The number of anilines is 2. The maximum absolute atomic E-state index is 12.5. The van der Waals surface area contributed by atoms with E-state index in [9.17, 15) is 18.0 Å². The lowest BCUT2D eigenvalue weighted by atomic mass is 10.2. The largest absolute Gasteiger partial charge is 0.326 e. The third-order valence-electron chi connectivity index (χ3n) is 4.86. The molecule has 0 bridgehead atoms. The van der Waals surface area contributed by atoms with E-state index < -0.39 is 10.0 Å². The number of carbonyl (C=O) groups is 2. The number of amides is 2. The summed E-state index contributed by atoms with van der Waals surface area (Å²) in [6.45, 7) is 0.977. The van der Waals surface area contributed by atoms with Gasteiger partial charge in [-0.15, -0.1) is 0 Å².